The molecule has 0 saturated carbocycles. The molecule has 1 unspecified atom stereocenters. The van der Waals surface area contributed by atoms with E-state index in [-0.39, 0.29) is 6.29 Å². The minimum Gasteiger partial charge on any atom is -0.314 e. The van der Waals surface area contributed by atoms with Gasteiger partial charge in [0.25, 0.3) is 0 Å². The van der Waals surface area contributed by atoms with E-state index in [4.69, 9.17) is 10.9 Å². The van der Waals surface area contributed by atoms with E-state index in [1.807, 2.05) is 10.4 Å². The number of hydrogen-bond donors (Lipinski definition) is 3. The second-order valence-corrected chi connectivity index (χ2v) is 2.67. The smallest absolute Gasteiger partial charge is 0.134 e. The highest BCUT2D eigenvalue weighted by molar-refractivity contribution is 4.66. The van der Waals surface area contributed by atoms with Crippen molar-refractivity contribution >= 4 is 0 Å². The Bertz CT molecular complexity index is 93.0. The van der Waals surface area contributed by atoms with Crippen LogP contribution < -0.4 is 11.2 Å². The van der Waals surface area contributed by atoms with Gasteiger partial charge in [0.05, 0.1) is 0 Å². The van der Waals surface area contributed by atoms with Crippen molar-refractivity contribution in [1.82, 2.24) is 10.4 Å². The fourth-order valence-corrected chi connectivity index (χ4v) is 1.28. The van der Waals surface area contributed by atoms with Crippen molar-refractivity contribution in [2.75, 3.05) is 13.1 Å². The Morgan fingerprint density at radius 1 is 1.30 bits per heavy atom. The SMILES string of the molecule is NC(NO)N1CCCCC1. The Labute approximate surface area is 61.0 Å². The molecule has 1 heterocycles. The standard InChI is InChI=1S/C6H15N3O/c7-6(8-10)9-4-2-1-3-5-9/h6,8,10H,1-5,7H2. The second kappa shape index (κ2) is 3.88. The van der Waals surface area contributed by atoms with Crippen LogP contribution in [-0.2, 0) is 0 Å². The summed E-state index contributed by atoms with van der Waals surface area (Å²) in [5, 5.41) is 8.47. The zero-order valence-electron chi connectivity index (χ0n) is 6.08. The third kappa shape index (κ3) is 1.91. The molecule has 60 valence electrons. The molecule has 1 aliphatic heterocycles. The van der Waals surface area contributed by atoms with Crippen molar-refractivity contribution in [2.24, 2.45) is 5.73 Å². The number of hydrogen-bond acceptors (Lipinski definition) is 4. The molecular formula is C6H15N3O. The zero-order valence-corrected chi connectivity index (χ0v) is 6.08. The van der Waals surface area contributed by atoms with Gasteiger partial charge in [0.1, 0.15) is 6.29 Å². The quantitative estimate of drug-likeness (QED) is 0.368. The van der Waals surface area contributed by atoms with Gasteiger partial charge >= 0.3 is 0 Å². The summed E-state index contributed by atoms with van der Waals surface area (Å²) in [5.74, 6) is 0. The number of nitrogens with one attached hydrogen (secondary N) is 1. The number of nitrogens with zero attached hydrogens (tertiary/aromatic N) is 1. The lowest BCUT2D eigenvalue weighted by Gasteiger charge is -2.30. The molecule has 1 aliphatic rings. The number of hydroxylamine groups is 1. The normalized spacial score (nSPS) is 24.6. The maximum absolute atomic E-state index is 8.47. The first-order valence-electron chi connectivity index (χ1n) is 3.74. The lowest BCUT2D eigenvalue weighted by molar-refractivity contribution is 0.0258. The first-order chi connectivity index (χ1) is 4.84. The highest BCUT2D eigenvalue weighted by Crippen LogP contribution is 2.08. The molecule has 0 aromatic carbocycles. The topological polar surface area (TPSA) is 61.5 Å². The highest BCUT2D eigenvalue weighted by Gasteiger charge is 2.15. The van der Waals surface area contributed by atoms with Crippen molar-refractivity contribution < 1.29 is 5.21 Å². The number of nitrogens with two attached hydrogens (primary N) is 1. The number of piperidine rings is 1. The van der Waals surface area contributed by atoms with Crippen LogP contribution in [0, 0.1) is 0 Å². The van der Waals surface area contributed by atoms with Gasteiger partial charge in [0.2, 0.25) is 0 Å². The molecule has 0 aromatic heterocycles. The van der Waals surface area contributed by atoms with Crippen LogP contribution in [0.2, 0.25) is 0 Å². The molecule has 1 saturated heterocycles. The Balaban J connectivity index is 2.24. The summed E-state index contributed by atoms with van der Waals surface area (Å²) in [6.45, 7) is 1.99. The predicted octanol–water partition coefficient (Wildman–Crippen LogP) is -0.307. The van der Waals surface area contributed by atoms with Crippen LogP contribution in [0.1, 0.15) is 19.3 Å². The molecule has 0 amide bonds. The van der Waals surface area contributed by atoms with Crippen molar-refractivity contribution in [3.05, 3.63) is 0 Å². The van der Waals surface area contributed by atoms with Crippen LogP contribution >= 0.6 is 0 Å². The largest absolute Gasteiger partial charge is 0.314 e. The van der Waals surface area contributed by atoms with Crippen molar-refractivity contribution in [2.45, 2.75) is 25.6 Å². The molecule has 10 heavy (non-hydrogen) atoms. The lowest BCUT2D eigenvalue weighted by Crippen LogP contribution is -2.52. The molecule has 0 aromatic rings. The Hall–Kier alpha value is -0.160. The van der Waals surface area contributed by atoms with Crippen molar-refractivity contribution in [1.29, 1.82) is 0 Å². The average molecular weight is 145 g/mol. The molecule has 4 N–H and O–H groups in total. The minimum atomic E-state index is -0.375. The van der Waals surface area contributed by atoms with Crippen LogP contribution in [0.25, 0.3) is 0 Å². The van der Waals surface area contributed by atoms with E-state index in [1.165, 1.54) is 19.3 Å². The third-order valence-corrected chi connectivity index (χ3v) is 1.92. The highest BCUT2D eigenvalue weighted by atomic mass is 16.5. The summed E-state index contributed by atoms with van der Waals surface area (Å²) in [5.41, 5.74) is 7.55. The first kappa shape index (κ1) is 7.94. The molecule has 1 fully saturated rings. The van der Waals surface area contributed by atoms with Crippen LogP contribution in [0.4, 0.5) is 0 Å². The number of rotatable bonds is 2. The van der Waals surface area contributed by atoms with E-state index < -0.39 is 0 Å². The maximum atomic E-state index is 8.47. The molecule has 4 nitrogen and oxygen atoms in total. The predicted molar refractivity (Wildman–Crippen MR) is 38.3 cm³/mol. The van der Waals surface area contributed by atoms with E-state index in [0.29, 0.717) is 0 Å². The van der Waals surface area contributed by atoms with Gasteiger partial charge in [-0.3, -0.25) is 4.90 Å². The van der Waals surface area contributed by atoms with Gasteiger partial charge in [-0.05, 0) is 12.8 Å². The van der Waals surface area contributed by atoms with Gasteiger partial charge in [-0.1, -0.05) is 6.42 Å². The Kier molecular flexibility index (Phi) is 3.08. The van der Waals surface area contributed by atoms with Crippen LogP contribution in [0.15, 0.2) is 0 Å². The molecule has 0 spiro atoms. The molecule has 0 bridgehead atoms. The maximum Gasteiger partial charge on any atom is 0.134 e. The molecule has 0 radical (unpaired) electrons. The van der Waals surface area contributed by atoms with E-state index >= 15 is 0 Å². The second-order valence-electron chi connectivity index (χ2n) is 2.67. The Morgan fingerprint density at radius 3 is 2.40 bits per heavy atom. The summed E-state index contributed by atoms with van der Waals surface area (Å²) in [4.78, 5) is 2.03. The molecule has 0 aliphatic carbocycles. The Morgan fingerprint density at radius 2 is 1.90 bits per heavy atom. The zero-order chi connectivity index (χ0) is 7.40. The fourth-order valence-electron chi connectivity index (χ4n) is 1.28. The lowest BCUT2D eigenvalue weighted by atomic mass is 10.1. The summed E-state index contributed by atoms with van der Waals surface area (Å²) >= 11 is 0. The van der Waals surface area contributed by atoms with Gasteiger partial charge in [-0.15, -0.1) is 0 Å². The van der Waals surface area contributed by atoms with E-state index in [2.05, 4.69) is 0 Å². The van der Waals surface area contributed by atoms with Gasteiger partial charge in [0.15, 0.2) is 0 Å². The molecular weight excluding hydrogens is 130 g/mol. The van der Waals surface area contributed by atoms with Crippen molar-refractivity contribution in [3.8, 4) is 0 Å². The first-order valence-corrected chi connectivity index (χ1v) is 3.74. The number of likely N-dealkylation sites (tertiary alicyclic amines) is 1. The molecule has 1 rings (SSSR count). The third-order valence-electron chi connectivity index (χ3n) is 1.92. The summed E-state index contributed by atoms with van der Waals surface area (Å²) in [6, 6.07) is 0. The summed E-state index contributed by atoms with van der Waals surface area (Å²) in [7, 11) is 0. The van der Waals surface area contributed by atoms with Crippen LogP contribution in [0.3, 0.4) is 0 Å². The van der Waals surface area contributed by atoms with Crippen molar-refractivity contribution in [3.63, 3.8) is 0 Å². The monoisotopic (exact) mass is 145 g/mol. The van der Waals surface area contributed by atoms with Crippen LogP contribution in [0.5, 0.6) is 0 Å². The van der Waals surface area contributed by atoms with E-state index in [9.17, 15) is 0 Å². The van der Waals surface area contributed by atoms with Gasteiger partial charge in [-0.2, -0.15) is 5.48 Å². The van der Waals surface area contributed by atoms with E-state index in [1.54, 1.807) is 0 Å². The van der Waals surface area contributed by atoms with E-state index in [0.717, 1.165) is 13.1 Å². The van der Waals surface area contributed by atoms with Gasteiger partial charge < -0.3 is 10.9 Å². The van der Waals surface area contributed by atoms with Gasteiger partial charge in [-0.25, -0.2) is 0 Å². The summed E-state index contributed by atoms with van der Waals surface area (Å²) < 4.78 is 0. The van der Waals surface area contributed by atoms with Crippen LogP contribution in [-0.4, -0.2) is 29.5 Å². The average Bonchev–Trinajstić information content (AvgIpc) is 2.05. The molecule has 1 atom stereocenters. The minimum absolute atomic E-state index is 0.375. The van der Waals surface area contributed by atoms with Gasteiger partial charge in [0, 0.05) is 13.1 Å². The molecule has 4 heteroatoms. The fraction of sp³-hybridized carbons (Fsp3) is 1.00. The summed E-state index contributed by atoms with van der Waals surface area (Å²) in [6.07, 6.45) is 3.29.